The molecule has 3 nitrogen and oxygen atoms in total. The second kappa shape index (κ2) is 3.55. The smallest absolute Gasteiger partial charge is 0.284 e. The lowest BCUT2D eigenvalue weighted by atomic mass is 10.2. The number of nitrogens with two attached hydrogens (primary N) is 1. The van der Waals surface area contributed by atoms with Gasteiger partial charge in [-0.05, 0) is 6.92 Å². The topological polar surface area (TPSA) is 48.1 Å². The first-order valence-corrected chi connectivity index (χ1v) is 3.65. The SMILES string of the molecule is COc1c(C(F)F)ncc(N)c1C. The van der Waals surface area contributed by atoms with Gasteiger partial charge in [0, 0.05) is 5.56 Å². The minimum absolute atomic E-state index is 0.0648. The molecular weight excluding hydrogens is 178 g/mol. The standard InChI is InChI=1S/C8H10F2N2O/c1-4-5(11)3-12-6(8(9)10)7(4)13-2/h3,8H,11H2,1-2H3. The Bertz CT molecular complexity index is 315. The molecule has 0 bridgehead atoms. The van der Waals surface area contributed by atoms with Crippen molar-refractivity contribution in [3.8, 4) is 5.75 Å². The van der Waals surface area contributed by atoms with Crippen molar-refractivity contribution in [2.24, 2.45) is 0 Å². The molecule has 0 saturated carbocycles. The lowest BCUT2D eigenvalue weighted by Gasteiger charge is -2.10. The van der Waals surface area contributed by atoms with Crippen molar-refractivity contribution >= 4 is 5.69 Å². The highest BCUT2D eigenvalue weighted by atomic mass is 19.3. The van der Waals surface area contributed by atoms with Crippen LogP contribution in [0.1, 0.15) is 17.7 Å². The molecule has 0 amide bonds. The van der Waals surface area contributed by atoms with Gasteiger partial charge in [-0.2, -0.15) is 0 Å². The van der Waals surface area contributed by atoms with E-state index in [1.54, 1.807) is 6.92 Å². The zero-order valence-electron chi connectivity index (χ0n) is 7.34. The van der Waals surface area contributed by atoms with E-state index in [1.165, 1.54) is 13.3 Å². The van der Waals surface area contributed by atoms with Crippen molar-refractivity contribution in [3.63, 3.8) is 0 Å². The summed E-state index contributed by atoms with van der Waals surface area (Å²) in [5.41, 5.74) is 5.95. The average Bonchev–Trinajstić information content (AvgIpc) is 2.09. The third kappa shape index (κ3) is 1.68. The molecule has 2 N–H and O–H groups in total. The van der Waals surface area contributed by atoms with Crippen LogP contribution in [-0.2, 0) is 0 Å². The molecule has 0 atom stereocenters. The van der Waals surface area contributed by atoms with E-state index >= 15 is 0 Å². The van der Waals surface area contributed by atoms with Crippen LogP contribution in [-0.4, -0.2) is 12.1 Å². The van der Waals surface area contributed by atoms with E-state index in [-0.39, 0.29) is 11.4 Å². The highest BCUT2D eigenvalue weighted by Gasteiger charge is 2.18. The number of nitrogen functional groups attached to an aromatic ring is 1. The maximum atomic E-state index is 12.3. The third-order valence-electron chi connectivity index (χ3n) is 1.76. The van der Waals surface area contributed by atoms with Crippen LogP contribution < -0.4 is 10.5 Å². The summed E-state index contributed by atoms with van der Waals surface area (Å²) < 4.78 is 29.5. The number of halogens is 2. The summed E-state index contributed by atoms with van der Waals surface area (Å²) in [5.74, 6) is 0.0648. The first-order valence-electron chi connectivity index (χ1n) is 3.65. The molecule has 0 aliphatic heterocycles. The average molecular weight is 188 g/mol. The van der Waals surface area contributed by atoms with Gasteiger partial charge in [0.15, 0.2) is 5.75 Å². The van der Waals surface area contributed by atoms with E-state index in [9.17, 15) is 8.78 Å². The molecule has 0 fully saturated rings. The number of anilines is 1. The van der Waals surface area contributed by atoms with E-state index in [0.717, 1.165) is 0 Å². The number of pyridine rings is 1. The third-order valence-corrected chi connectivity index (χ3v) is 1.76. The fourth-order valence-electron chi connectivity index (χ4n) is 1.03. The summed E-state index contributed by atoms with van der Waals surface area (Å²) in [6.07, 6.45) is -1.44. The molecule has 5 heteroatoms. The van der Waals surface area contributed by atoms with Crippen molar-refractivity contribution in [2.75, 3.05) is 12.8 Å². The Morgan fingerprint density at radius 1 is 1.54 bits per heavy atom. The number of methoxy groups -OCH3 is 1. The molecular formula is C8H10F2N2O. The number of rotatable bonds is 2. The van der Waals surface area contributed by atoms with Crippen molar-refractivity contribution in [1.82, 2.24) is 4.98 Å². The van der Waals surface area contributed by atoms with Gasteiger partial charge in [-0.1, -0.05) is 0 Å². The highest BCUT2D eigenvalue weighted by molar-refractivity contribution is 5.53. The van der Waals surface area contributed by atoms with Crippen LogP contribution in [0.3, 0.4) is 0 Å². The van der Waals surface area contributed by atoms with Gasteiger partial charge >= 0.3 is 0 Å². The Morgan fingerprint density at radius 3 is 2.62 bits per heavy atom. The van der Waals surface area contributed by atoms with Gasteiger partial charge in [0.25, 0.3) is 6.43 Å². The molecule has 13 heavy (non-hydrogen) atoms. The first kappa shape index (κ1) is 9.70. The van der Waals surface area contributed by atoms with Crippen LogP contribution >= 0.6 is 0 Å². The summed E-state index contributed by atoms with van der Waals surface area (Å²) in [7, 11) is 1.31. The lowest BCUT2D eigenvalue weighted by Crippen LogP contribution is -2.02. The Morgan fingerprint density at radius 2 is 2.15 bits per heavy atom. The van der Waals surface area contributed by atoms with Crippen LogP contribution in [0, 0.1) is 6.92 Å². The van der Waals surface area contributed by atoms with Gasteiger partial charge in [0.1, 0.15) is 5.69 Å². The number of hydrogen-bond donors (Lipinski definition) is 1. The van der Waals surface area contributed by atoms with Crippen molar-refractivity contribution in [1.29, 1.82) is 0 Å². The summed E-state index contributed by atoms with van der Waals surface area (Å²) >= 11 is 0. The number of hydrogen-bond acceptors (Lipinski definition) is 3. The Labute approximate surface area is 74.5 Å². The highest BCUT2D eigenvalue weighted by Crippen LogP contribution is 2.32. The molecule has 0 spiro atoms. The monoisotopic (exact) mass is 188 g/mol. The molecule has 72 valence electrons. The summed E-state index contributed by atoms with van der Waals surface area (Å²) in [6, 6.07) is 0. The molecule has 0 unspecified atom stereocenters. The van der Waals surface area contributed by atoms with E-state index < -0.39 is 6.43 Å². The van der Waals surface area contributed by atoms with Gasteiger partial charge in [-0.3, -0.25) is 0 Å². The van der Waals surface area contributed by atoms with Crippen molar-refractivity contribution in [2.45, 2.75) is 13.3 Å². The largest absolute Gasteiger partial charge is 0.494 e. The fraction of sp³-hybridized carbons (Fsp3) is 0.375. The Hall–Kier alpha value is -1.39. The predicted molar refractivity (Wildman–Crippen MR) is 44.9 cm³/mol. The van der Waals surface area contributed by atoms with E-state index in [1.807, 2.05) is 0 Å². The minimum Gasteiger partial charge on any atom is -0.494 e. The van der Waals surface area contributed by atoms with Gasteiger partial charge < -0.3 is 10.5 Å². The molecule has 0 aliphatic rings. The number of alkyl halides is 2. The Balaban J connectivity index is 3.30. The fourth-order valence-corrected chi connectivity index (χ4v) is 1.03. The van der Waals surface area contributed by atoms with Gasteiger partial charge in [-0.15, -0.1) is 0 Å². The molecule has 1 aromatic heterocycles. The summed E-state index contributed by atoms with van der Waals surface area (Å²) in [4.78, 5) is 3.51. The molecule has 0 saturated heterocycles. The minimum atomic E-state index is -2.64. The van der Waals surface area contributed by atoms with Crippen LogP contribution in [0.2, 0.25) is 0 Å². The van der Waals surface area contributed by atoms with Crippen LogP contribution in [0.25, 0.3) is 0 Å². The van der Waals surface area contributed by atoms with Crippen LogP contribution in [0.4, 0.5) is 14.5 Å². The van der Waals surface area contributed by atoms with E-state index in [0.29, 0.717) is 11.3 Å². The zero-order valence-corrected chi connectivity index (χ0v) is 7.34. The van der Waals surface area contributed by atoms with Crippen LogP contribution in [0.5, 0.6) is 5.75 Å². The molecule has 0 radical (unpaired) electrons. The second-order valence-electron chi connectivity index (χ2n) is 2.56. The summed E-state index contributed by atoms with van der Waals surface area (Å²) in [5, 5.41) is 0. The van der Waals surface area contributed by atoms with Gasteiger partial charge in [0.05, 0.1) is 19.0 Å². The second-order valence-corrected chi connectivity index (χ2v) is 2.56. The molecule has 1 aromatic rings. The quantitative estimate of drug-likeness (QED) is 0.771. The first-order chi connectivity index (χ1) is 6.07. The van der Waals surface area contributed by atoms with E-state index in [2.05, 4.69) is 4.98 Å². The molecule has 0 aliphatic carbocycles. The molecule has 1 rings (SSSR count). The number of ether oxygens (including phenoxy) is 1. The lowest BCUT2D eigenvalue weighted by molar-refractivity contribution is 0.141. The Kier molecular flexibility index (Phi) is 2.65. The number of aromatic nitrogens is 1. The molecule has 1 heterocycles. The summed E-state index contributed by atoms with van der Waals surface area (Å²) in [6.45, 7) is 1.61. The number of nitrogens with zero attached hydrogens (tertiary/aromatic N) is 1. The zero-order chi connectivity index (χ0) is 10.0. The van der Waals surface area contributed by atoms with Crippen LogP contribution in [0.15, 0.2) is 6.20 Å². The predicted octanol–water partition coefficient (Wildman–Crippen LogP) is 1.92. The van der Waals surface area contributed by atoms with Crippen molar-refractivity contribution in [3.05, 3.63) is 17.5 Å². The van der Waals surface area contributed by atoms with E-state index in [4.69, 9.17) is 10.5 Å². The maximum absolute atomic E-state index is 12.3. The maximum Gasteiger partial charge on any atom is 0.284 e. The van der Waals surface area contributed by atoms with Gasteiger partial charge in [0.2, 0.25) is 0 Å². The van der Waals surface area contributed by atoms with Crippen molar-refractivity contribution < 1.29 is 13.5 Å². The molecule has 0 aromatic carbocycles. The van der Waals surface area contributed by atoms with Gasteiger partial charge in [-0.25, -0.2) is 13.8 Å². The normalized spacial score (nSPS) is 10.5.